The second kappa shape index (κ2) is 14.0. The highest BCUT2D eigenvalue weighted by Gasteiger charge is 2.21. The van der Waals surface area contributed by atoms with Gasteiger partial charge in [0.15, 0.2) is 0 Å². The van der Waals surface area contributed by atoms with E-state index in [2.05, 4.69) is 18.6 Å². The molecule has 0 saturated carbocycles. The molecule has 2 N–H and O–H groups in total. The van der Waals surface area contributed by atoms with E-state index in [1.165, 1.54) is 19.2 Å². The van der Waals surface area contributed by atoms with Crippen LogP contribution in [0.1, 0.15) is 60.6 Å². The normalized spacial score (nSPS) is 13.2. The molecule has 0 fully saturated rings. The number of aryl methyl sites for hydroxylation is 1. The summed E-state index contributed by atoms with van der Waals surface area (Å²) < 4.78 is 24.3. The van der Waals surface area contributed by atoms with Crippen LogP contribution in [0, 0.1) is 12.7 Å². The minimum atomic E-state index is -1.04. The van der Waals surface area contributed by atoms with Gasteiger partial charge in [-0.25, -0.2) is 4.39 Å². The first-order chi connectivity index (χ1) is 18.2. The van der Waals surface area contributed by atoms with E-state index in [-0.39, 0.29) is 24.6 Å². The number of nitrogens with zero attached hydrogens (tertiary/aromatic N) is 1. The summed E-state index contributed by atoms with van der Waals surface area (Å²) >= 11 is 0. The quantitative estimate of drug-likeness (QED) is 0.296. The molecule has 0 bridgehead atoms. The molecule has 1 aromatic heterocycles. The Morgan fingerprint density at radius 1 is 1.05 bits per heavy atom. The molecule has 3 aromatic rings. The van der Waals surface area contributed by atoms with Crippen LogP contribution in [0.25, 0.3) is 17.3 Å². The Morgan fingerprint density at radius 3 is 2.37 bits per heavy atom. The van der Waals surface area contributed by atoms with Gasteiger partial charge in [-0.1, -0.05) is 56.3 Å². The Kier molecular flexibility index (Phi) is 10.7. The maximum absolute atomic E-state index is 13.7. The van der Waals surface area contributed by atoms with Gasteiger partial charge in [-0.2, -0.15) is 0 Å². The van der Waals surface area contributed by atoms with Crippen molar-refractivity contribution in [3.63, 3.8) is 0 Å². The SMILES string of the molecule is COC(=O)CC(O)CC(O)C=Cc1c(-c2ccc(F)cc2)nc(C)c(COCc2ccccc2)c1C(C)C. The fourth-order valence-corrected chi connectivity index (χ4v) is 4.39. The number of methoxy groups -OCH3 is 1. The Morgan fingerprint density at radius 2 is 1.74 bits per heavy atom. The molecular weight excluding hydrogens is 485 g/mol. The Labute approximate surface area is 223 Å². The van der Waals surface area contributed by atoms with E-state index >= 15 is 0 Å². The summed E-state index contributed by atoms with van der Waals surface area (Å²) in [5, 5.41) is 20.7. The average Bonchev–Trinajstić information content (AvgIpc) is 2.89. The van der Waals surface area contributed by atoms with Gasteiger partial charge in [0.1, 0.15) is 5.82 Å². The highest BCUT2D eigenvalue weighted by atomic mass is 19.1. The molecule has 0 aliphatic carbocycles. The molecule has 3 rings (SSSR count). The van der Waals surface area contributed by atoms with Crippen LogP contribution in [0.3, 0.4) is 0 Å². The molecule has 0 spiro atoms. The van der Waals surface area contributed by atoms with Gasteiger partial charge in [0, 0.05) is 28.8 Å². The van der Waals surface area contributed by atoms with Crippen LogP contribution >= 0.6 is 0 Å². The number of benzene rings is 2. The molecule has 7 heteroatoms. The van der Waals surface area contributed by atoms with Crippen molar-refractivity contribution in [2.45, 2.75) is 65.0 Å². The van der Waals surface area contributed by atoms with Gasteiger partial charge in [0.05, 0.1) is 44.6 Å². The fourth-order valence-electron chi connectivity index (χ4n) is 4.39. The first-order valence-corrected chi connectivity index (χ1v) is 12.7. The highest BCUT2D eigenvalue weighted by Crippen LogP contribution is 2.35. The van der Waals surface area contributed by atoms with Crippen molar-refractivity contribution in [1.29, 1.82) is 0 Å². The summed E-state index contributed by atoms with van der Waals surface area (Å²) in [5.74, 6) is -0.794. The number of halogens is 1. The second-order valence-electron chi connectivity index (χ2n) is 9.59. The van der Waals surface area contributed by atoms with Gasteiger partial charge in [-0.3, -0.25) is 9.78 Å². The molecule has 6 nitrogen and oxygen atoms in total. The lowest BCUT2D eigenvalue weighted by Gasteiger charge is -2.22. The zero-order chi connectivity index (χ0) is 27.7. The summed E-state index contributed by atoms with van der Waals surface area (Å²) in [6, 6.07) is 16.1. The van der Waals surface area contributed by atoms with Crippen molar-refractivity contribution in [3.05, 3.63) is 94.4 Å². The molecule has 0 aliphatic rings. The van der Waals surface area contributed by atoms with Crippen molar-refractivity contribution in [2.24, 2.45) is 0 Å². The van der Waals surface area contributed by atoms with E-state index in [9.17, 15) is 19.4 Å². The van der Waals surface area contributed by atoms with Crippen molar-refractivity contribution in [3.8, 4) is 11.3 Å². The Balaban J connectivity index is 1.98. The van der Waals surface area contributed by atoms with Crippen LogP contribution < -0.4 is 0 Å². The largest absolute Gasteiger partial charge is 0.469 e. The van der Waals surface area contributed by atoms with E-state index in [1.54, 1.807) is 24.3 Å². The van der Waals surface area contributed by atoms with Crippen LogP contribution in [0.2, 0.25) is 0 Å². The van der Waals surface area contributed by atoms with Gasteiger partial charge in [-0.15, -0.1) is 0 Å². The van der Waals surface area contributed by atoms with Crippen LogP contribution in [-0.2, 0) is 27.5 Å². The summed E-state index contributed by atoms with van der Waals surface area (Å²) in [6.07, 6.45) is 1.10. The van der Waals surface area contributed by atoms with Crippen molar-refractivity contribution < 1.29 is 28.9 Å². The molecule has 1 heterocycles. The number of aliphatic hydroxyl groups is 2. The average molecular weight is 522 g/mol. The van der Waals surface area contributed by atoms with E-state index in [0.29, 0.717) is 18.9 Å². The zero-order valence-electron chi connectivity index (χ0n) is 22.4. The minimum Gasteiger partial charge on any atom is -0.469 e. The predicted molar refractivity (Wildman–Crippen MR) is 146 cm³/mol. The van der Waals surface area contributed by atoms with Crippen LogP contribution in [0.4, 0.5) is 4.39 Å². The first-order valence-electron chi connectivity index (χ1n) is 12.7. The number of ether oxygens (including phenoxy) is 2. The topological polar surface area (TPSA) is 88.9 Å². The first kappa shape index (κ1) is 29.2. The molecule has 2 aromatic carbocycles. The lowest BCUT2D eigenvalue weighted by atomic mass is 9.88. The third-order valence-corrected chi connectivity index (χ3v) is 6.27. The summed E-state index contributed by atoms with van der Waals surface area (Å²) in [5.41, 5.74) is 6.06. The number of pyridine rings is 1. The van der Waals surface area contributed by atoms with Crippen LogP contribution in [0.15, 0.2) is 60.7 Å². The van der Waals surface area contributed by atoms with Crippen molar-refractivity contribution >= 4 is 12.0 Å². The smallest absolute Gasteiger partial charge is 0.308 e. The van der Waals surface area contributed by atoms with Gasteiger partial charge in [0.2, 0.25) is 0 Å². The number of hydrogen-bond donors (Lipinski definition) is 2. The predicted octanol–water partition coefficient (Wildman–Crippen LogP) is 5.72. The van der Waals surface area contributed by atoms with Crippen LogP contribution in [0.5, 0.6) is 0 Å². The van der Waals surface area contributed by atoms with E-state index in [4.69, 9.17) is 9.72 Å². The number of rotatable bonds is 12. The number of aromatic nitrogens is 1. The highest BCUT2D eigenvalue weighted by molar-refractivity contribution is 5.76. The zero-order valence-corrected chi connectivity index (χ0v) is 22.4. The molecule has 0 aliphatic heterocycles. The lowest BCUT2D eigenvalue weighted by molar-refractivity contribution is -0.143. The molecule has 0 saturated heterocycles. The van der Waals surface area contributed by atoms with Gasteiger partial charge < -0.3 is 19.7 Å². The number of carbonyl (C=O) groups excluding carboxylic acids is 1. The number of carbonyl (C=O) groups is 1. The molecule has 202 valence electrons. The second-order valence-corrected chi connectivity index (χ2v) is 9.59. The summed E-state index contributed by atoms with van der Waals surface area (Å²) in [7, 11) is 1.25. The maximum atomic E-state index is 13.7. The third-order valence-electron chi connectivity index (χ3n) is 6.27. The van der Waals surface area contributed by atoms with Gasteiger partial charge >= 0.3 is 5.97 Å². The van der Waals surface area contributed by atoms with E-state index in [0.717, 1.165) is 33.5 Å². The van der Waals surface area contributed by atoms with E-state index < -0.39 is 18.2 Å². The van der Waals surface area contributed by atoms with Gasteiger partial charge in [-0.05, 0) is 48.2 Å². The van der Waals surface area contributed by atoms with Crippen molar-refractivity contribution in [1.82, 2.24) is 4.98 Å². The van der Waals surface area contributed by atoms with Crippen molar-refractivity contribution in [2.75, 3.05) is 7.11 Å². The summed E-state index contributed by atoms with van der Waals surface area (Å²) in [6.45, 7) is 6.91. The third kappa shape index (κ3) is 8.05. The lowest BCUT2D eigenvalue weighted by Crippen LogP contribution is -2.20. The molecule has 38 heavy (non-hydrogen) atoms. The van der Waals surface area contributed by atoms with E-state index in [1.807, 2.05) is 37.3 Å². The molecule has 0 amide bonds. The minimum absolute atomic E-state index is 0.0270. The number of hydrogen-bond acceptors (Lipinski definition) is 6. The molecule has 2 unspecified atom stereocenters. The summed E-state index contributed by atoms with van der Waals surface area (Å²) in [4.78, 5) is 16.3. The monoisotopic (exact) mass is 521 g/mol. The Hall–Kier alpha value is -3.39. The maximum Gasteiger partial charge on any atom is 0.308 e. The molecule has 0 radical (unpaired) electrons. The molecular formula is C31H36FNO5. The van der Waals surface area contributed by atoms with Crippen LogP contribution in [-0.4, -0.2) is 40.5 Å². The number of aliphatic hydroxyl groups excluding tert-OH is 2. The Bertz CT molecular complexity index is 1230. The standard InChI is InChI=1S/C31H36FNO5/c1-20(2)30-27(15-14-25(34)16-26(35)17-29(36)37-4)31(23-10-12-24(32)13-11-23)33-21(3)28(30)19-38-18-22-8-6-5-7-9-22/h5-15,20,25-26,34-35H,16-19H2,1-4H3. The molecule has 2 atom stereocenters. The number of esters is 1. The van der Waals surface area contributed by atoms with Gasteiger partial charge in [0.25, 0.3) is 0 Å². The fraction of sp³-hybridized carbons (Fsp3) is 0.355.